The minimum Gasteiger partial charge on any atom is -0.508 e. The van der Waals surface area contributed by atoms with Gasteiger partial charge in [-0.1, -0.05) is 0 Å². The number of aromatic hydroxyl groups is 2. The summed E-state index contributed by atoms with van der Waals surface area (Å²) < 4.78 is 15.6. The van der Waals surface area contributed by atoms with Crippen LogP contribution in [0.15, 0.2) is 48.8 Å². The number of fused-ring (bicyclic) bond motifs is 2. The van der Waals surface area contributed by atoms with E-state index < -0.39 is 16.9 Å². The standard InChI is InChI=1S/C17H11NO7/c1-23-11-5-8(19)6-12-13(11)14(20)15(21)16(24-12)7-2-3-10-9(4-7)18-17(22)25-10/h2-6,19,21H,1H3,(H,18,22). The number of ether oxygens (including phenoxy) is 1. The van der Waals surface area contributed by atoms with Crippen molar-refractivity contribution < 1.29 is 23.8 Å². The van der Waals surface area contributed by atoms with Gasteiger partial charge in [0, 0.05) is 17.7 Å². The number of oxazole rings is 1. The molecule has 0 saturated carbocycles. The number of phenolic OH excluding ortho intramolecular Hbond substituents is 1. The van der Waals surface area contributed by atoms with Gasteiger partial charge in [-0.25, -0.2) is 4.79 Å². The Morgan fingerprint density at radius 3 is 2.60 bits per heavy atom. The van der Waals surface area contributed by atoms with Gasteiger partial charge in [0.15, 0.2) is 11.3 Å². The largest absolute Gasteiger partial charge is 0.508 e. The monoisotopic (exact) mass is 341 g/mol. The topological polar surface area (TPSA) is 126 Å². The second kappa shape index (κ2) is 5.17. The number of aromatic nitrogens is 1. The number of aromatic amines is 1. The van der Waals surface area contributed by atoms with Crippen LogP contribution < -0.4 is 15.9 Å². The number of hydrogen-bond acceptors (Lipinski definition) is 7. The molecule has 2 heterocycles. The van der Waals surface area contributed by atoms with Crippen LogP contribution in [0.3, 0.4) is 0 Å². The highest BCUT2D eigenvalue weighted by Crippen LogP contribution is 2.35. The molecule has 0 fully saturated rings. The Labute approximate surface area is 138 Å². The quantitative estimate of drug-likeness (QED) is 0.511. The van der Waals surface area contributed by atoms with Crippen LogP contribution in [0.1, 0.15) is 0 Å². The number of H-pyrrole nitrogens is 1. The predicted molar refractivity (Wildman–Crippen MR) is 88.2 cm³/mol. The van der Waals surface area contributed by atoms with Crippen molar-refractivity contribution in [1.29, 1.82) is 0 Å². The lowest BCUT2D eigenvalue weighted by atomic mass is 10.1. The Bertz CT molecular complexity index is 1250. The molecule has 0 bridgehead atoms. The molecule has 4 rings (SSSR count). The number of rotatable bonds is 2. The van der Waals surface area contributed by atoms with Gasteiger partial charge >= 0.3 is 5.76 Å². The average molecular weight is 341 g/mol. The average Bonchev–Trinajstić information content (AvgIpc) is 2.96. The van der Waals surface area contributed by atoms with Crippen molar-refractivity contribution in [2.45, 2.75) is 0 Å². The summed E-state index contributed by atoms with van der Waals surface area (Å²) >= 11 is 0. The van der Waals surface area contributed by atoms with Crippen LogP contribution in [0.4, 0.5) is 0 Å². The van der Waals surface area contributed by atoms with Crippen molar-refractivity contribution in [3.05, 3.63) is 51.1 Å². The fraction of sp³-hybridized carbons (Fsp3) is 0.0588. The SMILES string of the molecule is COc1cc(O)cc2oc(-c3ccc4oc(=O)[nH]c4c3)c(O)c(=O)c12. The minimum absolute atomic E-state index is 0.0133. The van der Waals surface area contributed by atoms with Gasteiger partial charge in [0.25, 0.3) is 0 Å². The molecular weight excluding hydrogens is 330 g/mol. The fourth-order valence-electron chi connectivity index (χ4n) is 2.71. The molecule has 0 radical (unpaired) electrons. The van der Waals surface area contributed by atoms with Gasteiger partial charge in [0.2, 0.25) is 11.2 Å². The minimum atomic E-state index is -0.700. The zero-order valence-corrected chi connectivity index (χ0v) is 12.8. The molecule has 0 saturated heterocycles. The molecule has 0 aliphatic rings. The first-order valence-corrected chi connectivity index (χ1v) is 7.18. The number of phenols is 1. The molecule has 4 aromatic rings. The van der Waals surface area contributed by atoms with Gasteiger partial charge in [-0.05, 0) is 18.2 Å². The summed E-state index contributed by atoms with van der Waals surface area (Å²) in [5.41, 5.74) is 0.418. The van der Waals surface area contributed by atoms with Gasteiger partial charge in [0.1, 0.15) is 22.5 Å². The Hall–Kier alpha value is -3.68. The summed E-state index contributed by atoms with van der Waals surface area (Å²) in [6.45, 7) is 0. The lowest BCUT2D eigenvalue weighted by Gasteiger charge is -2.09. The molecule has 2 aromatic carbocycles. The van der Waals surface area contributed by atoms with Crippen LogP contribution in [-0.2, 0) is 0 Å². The van der Waals surface area contributed by atoms with E-state index in [9.17, 15) is 19.8 Å². The molecular formula is C17H11NO7. The van der Waals surface area contributed by atoms with Crippen molar-refractivity contribution in [2.75, 3.05) is 7.11 Å². The molecule has 2 aromatic heterocycles. The van der Waals surface area contributed by atoms with Crippen LogP contribution in [0, 0.1) is 0 Å². The van der Waals surface area contributed by atoms with Gasteiger partial charge in [-0.3, -0.25) is 9.78 Å². The van der Waals surface area contributed by atoms with E-state index >= 15 is 0 Å². The zero-order valence-electron chi connectivity index (χ0n) is 12.8. The second-order valence-corrected chi connectivity index (χ2v) is 5.36. The first-order valence-electron chi connectivity index (χ1n) is 7.18. The molecule has 0 aliphatic carbocycles. The molecule has 126 valence electrons. The summed E-state index contributed by atoms with van der Waals surface area (Å²) in [7, 11) is 1.34. The number of benzene rings is 2. The number of nitrogens with one attached hydrogen (secondary N) is 1. The molecule has 0 amide bonds. The molecule has 0 atom stereocenters. The Morgan fingerprint density at radius 1 is 1.04 bits per heavy atom. The van der Waals surface area contributed by atoms with Crippen LogP contribution in [0.25, 0.3) is 33.4 Å². The van der Waals surface area contributed by atoms with Crippen LogP contribution in [-0.4, -0.2) is 22.3 Å². The summed E-state index contributed by atoms with van der Waals surface area (Å²) in [5.74, 6) is -1.40. The molecule has 0 unspecified atom stereocenters. The third-order valence-electron chi connectivity index (χ3n) is 3.82. The van der Waals surface area contributed by atoms with Gasteiger partial charge in [-0.2, -0.15) is 0 Å². The number of hydrogen-bond donors (Lipinski definition) is 3. The van der Waals surface area contributed by atoms with Crippen LogP contribution >= 0.6 is 0 Å². The summed E-state index contributed by atoms with van der Waals surface area (Å²) in [5, 5.41) is 20.1. The molecule has 0 aliphatic heterocycles. The van der Waals surface area contributed by atoms with E-state index in [4.69, 9.17) is 13.6 Å². The highest BCUT2D eigenvalue weighted by atomic mass is 16.5. The Morgan fingerprint density at radius 2 is 1.84 bits per heavy atom. The summed E-state index contributed by atoms with van der Waals surface area (Å²) in [6, 6.07) is 7.05. The maximum atomic E-state index is 12.5. The van der Waals surface area contributed by atoms with Crippen molar-refractivity contribution >= 4 is 22.1 Å². The smallest absolute Gasteiger partial charge is 0.417 e. The van der Waals surface area contributed by atoms with E-state index in [1.54, 1.807) is 0 Å². The third kappa shape index (κ3) is 2.23. The number of methoxy groups -OCH3 is 1. The maximum absolute atomic E-state index is 12.5. The van der Waals surface area contributed by atoms with E-state index in [0.717, 1.165) is 0 Å². The zero-order chi connectivity index (χ0) is 17.7. The first-order chi connectivity index (χ1) is 12.0. The van der Waals surface area contributed by atoms with E-state index in [1.807, 2.05) is 0 Å². The molecule has 25 heavy (non-hydrogen) atoms. The van der Waals surface area contributed by atoms with Gasteiger partial charge < -0.3 is 23.8 Å². The fourth-order valence-corrected chi connectivity index (χ4v) is 2.71. The Kier molecular flexibility index (Phi) is 3.08. The lowest BCUT2D eigenvalue weighted by Crippen LogP contribution is -2.04. The van der Waals surface area contributed by atoms with Crippen molar-refractivity contribution in [3.63, 3.8) is 0 Å². The highest BCUT2D eigenvalue weighted by molar-refractivity contribution is 5.89. The van der Waals surface area contributed by atoms with Crippen molar-refractivity contribution in [3.8, 4) is 28.6 Å². The second-order valence-electron chi connectivity index (χ2n) is 5.36. The van der Waals surface area contributed by atoms with Gasteiger partial charge in [0.05, 0.1) is 12.6 Å². The van der Waals surface area contributed by atoms with E-state index in [2.05, 4.69) is 4.98 Å². The third-order valence-corrected chi connectivity index (χ3v) is 3.82. The summed E-state index contributed by atoms with van der Waals surface area (Å²) in [4.78, 5) is 26.3. The van der Waals surface area contributed by atoms with Crippen molar-refractivity contribution in [1.82, 2.24) is 4.98 Å². The van der Waals surface area contributed by atoms with Gasteiger partial charge in [-0.15, -0.1) is 0 Å². The summed E-state index contributed by atoms with van der Waals surface area (Å²) in [6.07, 6.45) is 0. The predicted octanol–water partition coefficient (Wildman–Crippen LogP) is 2.31. The van der Waals surface area contributed by atoms with E-state index in [0.29, 0.717) is 16.7 Å². The molecule has 8 heteroatoms. The first kappa shape index (κ1) is 14.9. The van der Waals surface area contributed by atoms with E-state index in [1.165, 1.54) is 37.4 Å². The van der Waals surface area contributed by atoms with Crippen molar-refractivity contribution in [2.24, 2.45) is 0 Å². The normalized spacial score (nSPS) is 11.2. The maximum Gasteiger partial charge on any atom is 0.417 e. The van der Waals surface area contributed by atoms with Crippen LogP contribution in [0.5, 0.6) is 17.2 Å². The molecule has 8 nitrogen and oxygen atoms in total. The molecule has 3 N–H and O–H groups in total. The Balaban J connectivity index is 2.05. The highest BCUT2D eigenvalue weighted by Gasteiger charge is 2.19. The lowest BCUT2D eigenvalue weighted by molar-refractivity contribution is 0.408. The van der Waals surface area contributed by atoms with E-state index in [-0.39, 0.29) is 28.2 Å². The van der Waals surface area contributed by atoms with Crippen LogP contribution in [0.2, 0.25) is 0 Å². The molecule has 0 spiro atoms.